The Hall–Kier alpha value is -1.59. The molecule has 3 amide bonds. The van der Waals surface area contributed by atoms with Crippen molar-refractivity contribution >= 4 is 17.7 Å². The Morgan fingerprint density at radius 1 is 0.806 bits per heavy atom. The first-order chi connectivity index (χ1) is 14.9. The van der Waals surface area contributed by atoms with E-state index in [1.165, 1.54) is 19.3 Å². The van der Waals surface area contributed by atoms with Crippen LogP contribution in [0.4, 0.5) is 0 Å². The molecule has 6 aliphatic rings. The summed E-state index contributed by atoms with van der Waals surface area (Å²) in [5, 5.41) is 3.02. The van der Waals surface area contributed by atoms with Gasteiger partial charge < -0.3 is 15.1 Å². The number of carbonyl (C=O) groups is 3. The Morgan fingerprint density at radius 3 is 1.87 bits per heavy atom. The van der Waals surface area contributed by atoms with Crippen LogP contribution in [0.1, 0.15) is 71.1 Å². The van der Waals surface area contributed by atoms with Crippen molar-refractivity contribution in [3.8, 4) is 0 Å². The average molecular weight is 430 g/mol. The summed E-state index contributed by atoms with van der Waals surface area (Å²) in [6, 6.07) is 0. The zero-order chi connectivity index (χ0) is 21.6. The molecule has 4 saturated carbocycles. The Balaban J connectivity index is 1.07. The predicted molar refractivity (Wildman–Crippen MR) is 118 cm³/mol. The van der Waals surface area contributed by atoms with Crippen molar-refractivity contribution in [3.05, 3.63) is 0 Å². The van der Waals surface area contributed by atoms with Gasteiger partial charge in [-0.2, -0.15) is 0 Å². The van der Waals surface area contributed by atoms with Crippen molar-refractivity contribution < 1.29 is 14.4 Å². The molecule has 6 fully saturated rings. The summed E-state index contributed by atoms with van der Waals surface area (Å²) in [7, 11) is 0. The summed E-state index contributed by atoms with van der Waals surface area (Å²) < 4.78 is 0. The first kappa shape index (κ1) is 21.3. The third kappa shape index (κ3) is 4.23. The molecule has 6 heteroatoms. The molecule has 1 N–H and O–H groups in total. The molecule has 0 spiro atoms. The van der Waals surface area contributed by atoms with Crippen LogP contribution in [0, 0.1) is 35.0 Å². The Kier molecular flexibility index (Phi) is 5.76. The minimum Gasteiger partial charge on any atom is -0.347 e. The molecule has 0 aromatic heterocycles. The van der Waals surface area contributed by atoms with Crippen LogP contribution in [0.5, 0.6) is 0 Å². The number of nitrogens with one attached hydrogen (secondary N) is 1. The first-order valence-corrected chi connectivity index (χ1v) is 12.8. The predicted octanol–water partition coefficient (Wildman–Crippen LogP) is 2.82. The molecular weight excluding hydrogens is 390 g/mol. The van der Waals surface area contributed by atoms with Gasteiger partial charge in [-0.15, -0.1) is 0 Å². The molecule has 31 heavy (non-hydrogen) atoms. The highest BCUT2D eigenvalue weighted by molar-refractivity contribution is 5.88. The molecule has 2 aliphatic heterocycles. The van der Waals surface area contributed by atoms with E-state index in [1.54, 1.807) is 0 Å². The van der Waals surface area contributed by atoms with Crippen LogP contribution in [0.2, 0.25) is 0 Å². The molecule has 6 nitrogen and oxygen atoms in total. The minimum atomic E-state index is -0.194. The molecule has 6 rings (SSSR count). The van der Waals surface area contributed by atoms with Gasteiger partial charge in [-0.05, 0) is 87.9 Å². The number of amides is 3. The quantitative estimate of drug-likeness (QED) is 0.747. The normalized spacial score (nSPS) is 36.0. The van der Waals surface area contributed by atoms with Gasteiger partial charge >= 0.3 is 0 Å². The fraction of sp³-hybridized carbons (Fsp3) is 0.880. The smallest absolute Gasteiger partial charge is 0.241 e. The van der Waals surface area contributed by atoms with E-state index in [0.29, 0.717) is 13.1 Å². The molecule has 2 heterocycles. The Labute approximate surface area is 186 Å². The fourth-order valence-electron chi connectivity index (χ4n) is 7.71. The molecule has 4 aliphatic carbocycles. The third-order valence-corrected chi connectivity index (χ3v) is 9.21. The number of hydrogen-bond acceptors (Lipinski definition) is 3. The summed E-state index contributed by atoms with van der Waals surface area (Å²) in [5.41, 5.74) is -0.194. The monoisotopic (exact) mass is 429 g/mol. The molecule has 4 bridgehead atoms. The van der Waals surface area contributed by atoms with Crippen molar-refractivity contribution in [2.24, 2.45) is 35.0 Å². The number of rotatable bonds is 4. The van der Waals surface area contributed by atoms with Crippen LogP contribution >= 0.6 is 0 Å². The summed E-state index contributed by atoms with van der Waals surface area (Å²) in [4.78, 5) is 42.6. The lowest BCUT2D eigenvalue weighted by Crippen LogP contribution is -2.55. The second-order valence-electron chi connectivity index (χ2n) is 11.5. The van der Waals surface area contributed by atoms with Gasteiger partial charge in [0.2, 0.25) is 17.7 Å². The minimum absolute atomic E-state index is 0.00998. The van der Waals surface area contributed by atoms with Gasteiger partial charge in [0.25, 0.3) is 0 Å². The van der Waals surface area contributed by atoms with Gasteiger partial charge in [0, 0.05) is 37.5 Å². The SMILES string of the molecule is CC1CCN(C(=O)C2CCN(C(=O)CNC(=O)C34CC5CC(CC(C5)C3)C4)CC2)CC1. The number of likely N-dealkylation sites (tertiary alicyclic amines) is 2. The van der Waals surface area contributed by atoms with Gasteiger partial charge in [0.1, 0.15) is 0 Å². The third-order valence-electron chi connectivity index (χ3n) is 9.21. The highest BCUT2D eigenvalue weighted by Crippen LogP contribution is 2.60. The van der Waals surface area contributed by atoms with Crippen LogP contribution in [0.25, 0.3) is 0 Å². The fourth-order valence-corrected chi connectivity index (χ4v) is 7.71. The summed E-state index contributed by atoms with van der Waals surface area (Å²) in [6.07, 6.45) is 10.7. The van der Waals surface area contributed by atoms with E-state index >= 15 is 0 Å². The molecule has 0 unspecified atom stereocenters. The van der Waals surface area contributed by atoms with Crippen LogP contribution in [-0.4, -0.2) is 60.2 Å². The standard InChI is InChI=1S/C25H39N3O3/c1-17-2-6-28(7-3-17)23(30)21-4-8-27(9-5-21)22(29)16-26-24(31)25-13-18-10-19(14-25)12-20(11-18)15-25/h17-21H,2-16H2,1H3,(H,26,31). The molecule has 0 radical (unpaired) electrons. The molecular formula is C25H39N3O3. The maximum Gasteiger partial charge on any atom is 0.241 e. The van der Waals surface area contributed by atoms with Crippen LogP contribution in [0.15, 0.2) is 0 Å². The lowest BCUT2D eigenvalue weighted by Gasteiger charge is -2.55. The van der Waals surface area contributed by atoms with E-state index < -0.39 is 0 Å². The Bertz CT molecular complexity index is 684. The molecule has 172 valence electrons. The van der Waals surface area contributed by atoms with E-state index in [4.69, 9.17) is 0 Å². The van der Waals surface area contributed by atoms with Crippen molar-refractivity contribution in [2.45, 2.75) is 71.1 Å². The van der Waals surface area contributed by atoms with Gasteiger partial charge in [0.15, 0.2) is 0 Å². The summed E-state index contributed by atoms with van der Waals surface area (Å²) >= 11 is 0. The maximum absolute atomic E-state index is 13.1. The zero-order valence-corrected chi connectivity index (χ0v) is 19.1. The number of hydrogen-bond donors (Lipinski definition) is 1. The van der Waals surface area contributed by atoms with Crippen LogP contribution < -0.4 is 5.32 Å². The number of piperidine rings is 2. The lowest BCUT2D eigenvalue weighted by molar-refractivity contribution is -0.148. The zero-order valence-electron chi connectivity index (χ0n) is 19.1. The number of carbonyl (C=O) groups excluding carboxylic acids is 3. The van der Waals surface area contributed by atoms with Crippen LogP contribution in [-0.2, 0) is 14.4 Å². The largest absolute Gasteiger partial charge is 0.347 e. The second-order valence-corrected chi connectivity index (χ2v) is 11.5. The summed E-state index contributed by atoms with van der Waals surface area (Å²) in [6.45, 7) is 5.40. The van der Waals surface area contributed by atoms with Crippen molar-refractivity contribution in [2.75, 3.05) is 32.7 Å². The summed E-state index contributed by atoms with van der Waals surface area (Å²) in [5.74, 6) is 3.39. The van der Waals surface area contributed by atoms with Crippen molar-refractivity contribution in [3.63, 3.8) is 0 Å². The highest BCUT2D eigenvalue weighted by Gasteiger charge is 2.54. The first-order valence-electron chi connectivity index (χ1n) is 12.8. The van der Waals surface area contributed by atoms with Gasteiger partial charge in [-0.25, -0.2) is 0 Å². The topological polar surface area (TPSA) is 69.7 Å². The van der Waals surface area contributed by atoms with Gasteiger partial charge in [-0.1, -0.05) is 6.92 Å². The lowest BCUT2D eigenvalue weighted by atomic mass is 9.49. The van der Waals surface area contributed by atoms with E-state index in [2.05, 4.69) is 12.2 Å². The average Bonchev–Trinajstić information content (AvgIpc) is 2.76. The van der Waals surface area contributed by atoms with E-state index in [-0.39, 0.29) is 35.6 Å². The van der Waals surface area contributed by atoms with Crippen LogP contribution in [0.3, 0.4) is 0 Å². The maximum atomic E-state index is 13.1. The number of nitrogens with zero attached hydrogens (tertiary/aromatic N) is 2. The Morgan fingerprint density at radius 2 is 1.32 bits per heavy atom. The van der Waals surface area contributed by atoms with Gasteiger partial charge in [0.05, 0.1) is 6.54 Å². The van der Waals surface area contributed by atoms with E-state index in [1.807, 2.05) is 9.80 Å². The molecule has 2 saturated heterocycles. The second kappa shape index (κ2) is 8.40. The van der Waals surface area contributed by atoms with Crippen molar-refractivity contribution in [1.29, 1.82) is 0 Å². The molecule has 0 aromatic rings. The van der Waals surface area contributed by atoms with Crippen molar-refractivity contribution in [1.82, 2.24) is 15.1 Å². The molecule has 0 aromatic carbocycles. The highest BCUT2D eigenvalue weighted by atomic mass is 16.2. The van der Waals surface area contributed by atoms with E-state index in [0.717, 1.165) is 81.7 Å². The van der Waals surface area contributed by atoms with E-state index in [9.17, 15) is 14.4 Å². The molecule has 0 atom stereocenters. The van der Waals surface area contributed by atoms with Gasteiger partial charge in [-0.3, -0.25) is 14.4 Å².